The Morgan fingerprint density at radius 2 is 2.33 bits per heavy atom. The zero-order chi connectivity index (χ0) is 11.0. The lowest BCUT2D eigenvalue weighted by atomic mass is 10.3. The van der Waals surface area contributed by atoms with Gasteiger partial charge in [0.1, 0.15) is 6.10 Å². The van der Waals surface area contributed by atoms with E-state index in [9.17, 15) is 19.1 Å². The zero-order valence-corrected chi connectivity index (χ0v) is 7.64. The molecule has 82 valence electrons. The van der Waals surface area contributed by atoms with Crippen molar-refractivity contribution in [3.63, 3.8) is 0 Å². The van der Waals surface area contributed by atoms with E-state index in [0.29, 0.717) is 13.0 Å². The summed E-state index contributed by atoms with van der Waals surface area (Å²) in [5, 5.41) is 9.43. The number of halogens is 1. The van der Waals surface area contributed by atoms with Crippen LogP contribution < -0.4 is 11.2 Å². The van der Waals surface area contributed by atoms with Gasteiger partial charge in [0.25, 0.3) is 5.56 Å². The van der Waals surface area contributed by atoms with E-state index in [4.69, 9.17) is 4.74 Å². The van der Waals surface area contributed by atoms with Gasteiger partial charge in [-0.2, -0.15) is 4.39 Å². The monoisotopic (exact) mass is 216 g/mol. The minimum Gasteiger partial charge on any atom is -0.388 e. The van der Waals surface area contributed by atoms with Gasteiger partial charge in [0.05, 0.1) is 12.8 Å². The molecule has 0 spiro atoms. The molecule has 0 radical (unpaired) electrons. The number of rotatable bonds is 1. The zero-order valence-electron chi connectivity index (χ0n) is 7.64. The molecule has 2 N–H and O–H groups in total. The van der Waals surface area contributed by atoms with Gasteiger partial charge in [-0.1, -0.05) is 0 Å². The van der Waals surface area contributed by atoms with Gasteiger partial charge in [0, 0.05) is 6.42 Å². The van der Waals surface area contributed by atoms with Crippen LogP contribution in [-0.2, 0) is 4.74 Å². The maximum Gasteiger partial charge on any atom is 0.330 e. The van der Waals surface area contributed by atoms with Crippen molar-refractivity contribution in [2.24, 2.45) is 0 Å². The van der Waals surface area contributed by atoms with Crippen molar-refractivity contribution in [3.8, 4) is 0 Å². The Bertz CT molecular complexity index is 480. The highest BCUT2D eigenvalue weighted by Gasteiger charge is 2.29. The first-order chi connectivity index (χ1) is 7.09. The van der Waals surface area contributed by atoms with Gasteiger partial charge in [-0.25, -0.2) is 4.79 Å². The predicted molar refractivity (Wildman–Crippen MR) is 46.9 cm³/mol. The fourth-order valence-electron chi connectivity index (χ4n) is 1.48. The largest absolute Gasteiger partial charge is 0.388 e. The fraction of sp³-hybridized carbons (Fsp3) is 0.500. The number of H-pyrrole nitrogens is 1. The van der Waals surface area contributed by atoms with Crippen molar-refractivity contribution >= 4 is 0 Å². The van der Waals surface area contributed by atoms with E-state index in [2.05, 4.69) is 0 Å². The molecule has 15 heavy (non-hydrogen) atoms. The molecule has 0 unspecified atom stereocenters. The molecule has 6 nitrogen and oxygen atoms in total. The van der Waals surface area contributed by atoms with Gasteiger partial charge < -0.3 is 9.84 Å². The second-order valence-corrected chi connectivity index (χ2v) is 3.26. The first-order valence-electron chi connectivity index (χ1n) is 4.40. The summed E-state index contributed by atoms with van der Waals surface area (Å²) in [4.78, 5) is 23.8. The quantitative estimate of drug-likeness (QED) is 0.627. The highest BCUT2D eigenvalue weighted by atomic mass is 19.1. The number of ether oxygens (including phenoxy) is 1. The van der Waals surface area contributed by atoms with Crippen molar-refractivity contribution in [1.82, 2.24) is 9.55 Å². The molecule has 0 bridgehead atoms. The second-order valence-electron chi connectivity index (χ2n) is 3.26. The van der Waals surface area contributed by atoms with Gasteiger partial charge in [0.2, 0.25) is 5.82 Å². The molecule has 1 aliphatic heterocycles. The minimum absolute atomic E-state index is 0.291. The molecule has 0 aromatic carbocycles. The van der Waals surface area contributed by atoms with Crippen LogP contribution in [0.1, 0.15) is 12.6 Å². The van der Waals surface area contributed by atoms with Crippen LogP contribution in [0.3, 0.4) is 0 Å². The third kappa shape index (κ3) is 1.71. The van der Waals surface area contributed by atoms with Crippen LogP contribution in [0.5, 0.6) is 0 Å². The molecule has 1 aliphatic rings. The van der Waals surface area contributed by atoms with E-state index in [0.717, 1.165) is 10.8 Å². The van der Waals surface area contributed by atoms with E-state index < -0.39 is 29.4 Å². The maximum absolute atomic E-state index is 12.9. The highest BCUT2D eigenvalue weighted by Crippen LogP contribution is 2.21. The fourth-order valence-corrected chi connectivity index (χ4v) is 1.48. The van der Waals surface area contributed by atoms with Crippen LogP contribution in [0, 0.1) is 5.82 Å². The first kappa shape index (κ1) is 10.1. The lowest BCUT2D eigenvalue weighted by Crippen LogP contribution is -2.36. The van der Waals surface area contributed by atoms with Crippen LogP contribution >= 0.6 is 0 Å². The Hall–Kier alpha value is -1.47. The SMILES string of the molecule is O=c1[nH]c(=O)n([C@@H]2OCC[C@H]2O)cc1F. The van der Waals surface area contributed by atoms with E-state index in [1.54, 1.807) is 4.98 Å². The van der Waals surface area contributed by atoms with Crippen molar-refractivity contribution in [1.29, 1.82) is 0 Å². The maximum atomic E-state index is 12.9. The van der Waals surface area contributed by atoms with Gasteiger partial charge in [-0.05, 0) is 0 Å². The number of hydrogen-bond donors (Lipinski definition) is 2. The predicted octanol–water partition coefficient (Wildman–Crippen LogP) is -1.04. The summed E-state index contributed by atoms with van der Waals surface area (Å²) in [5.41, 5.74) is -1.88. The molecule has 0 amide bonds. The Labute approximate surface area is 82.9 Å². The molecular weight excluding hydrogens is 207 g/mol. The molecule has 0 aliphatic carbocycles. The average molecular weight is 216 g/mol. The summed E-state index contributed by atoms with van der Waals surface area (Å²) in [5.74, 6) is -1.09. The van der Waals surface area contributed by atoms with E-state index in [1.165, 1.54) is 0 Å². The molecule has 0 saturated carbocycles. The van der Waals surface area contributed by atoms with Gasteiger partial charge in [-0.3, -0.25) is 14.3 Å². The summed E-state index contributed by atoms with van der Waals surface area (Å²) >= 11 is 0. The molecule has 1 fully saturated rings. The van der Waals surface area contributed by atoms with Gasteiger partial charge in [-0.15, -0.1) is 0 Å². The molecule has 2 atom stereocenters. The lowest BCUT2D eigenvalue weighted by molar-refractivity contribution is -0.0125. The van der Waals surface area contributed by atoms with E-state index in [1.807, 2.05) is 0 Å². The number of aromatic nitrogens is 2. The number of hydrogen-bond acceptors (Lipinski definition) is 4. The molecular formula is C8H9FN2O4. The molecule has 2 rings (SSSR count). The summed E-state index contributed by atoms with van der Waals surface area (Å²) in [7, 11) is 0. The van der Waals surface area contributed by atoms with Crippen LogP contribution in [0.15, 0.2) is 15.8 Å². The normalized spacial score (nSPS) is 25.7. The van der Waals surface area contributed by atoms with Gasteiger partial charge >= 0.3 is 5.69 Å². The van der Waals surface area contributed by atoms with E-state index >= 15 is 0 Å². The Balaban J connectivity index is 2.48. The van der Waals surface area contributed by atoms with Crippen molar-refractivity contribution < 1.29 is 14.2 Å². The summed E-state index contributed by atoms with van der Waals surface area (Å²) < 4.78 is 18.8. The third-order valence-corrected chi connectivity index (χ3v) is 2.23. The third-order valence-electron chi connectivity index (χ3n) is 2.23. The summed E-state index contributed by atoms with van der Waals surface area (Å²) in [6.07, 6.45) is -0.685. The minimum atomic E-state index is -1.09. The Morgan fingerprint density at radius 3 is 2.93 bits per heavy atom. The van der Waals surface area contributed by atoms with Gasteiger partial charge in [0.15, 0.2) is 6.23 Å². The standard InChI is InChI=1S/C8H9FN2O4/c9-4-3-11(8(14)10-6(4)13)7-5(12)1-2-15-7/h3,5,7,12H,1-2H2,(H,10,13,14)/t5-,7-/m1/s1. The number of nitrogens with zero attached hydrogens (tertiary/aromatic N) is 1. The topological polar surface area (TPSA) is 84.3 Å². The van der Waals surface area contributed by atoms with Crippen LogP contribution in [-0.4, -0.2) is 27.4 Å². The van der Waals surface area contributed by atoms with E-state index in [-0.39, 0.29) is 0 Å². The summed E-state index contributed by atoms with van der Waals surface area (Å²) in [6, 6.07) is 0. The first-order valence-corrected chi connectivity index (χ1v) is 4.40. The molecule has 7 heteroatoms. The van der Waals surface area contributed by atoms with Crippen LogP contribution in [0.4, 0.5) is 4.39 Å². The van der Waals surface area contributed by atoms with Crippen LogP contribution in [0.25, 0.3) is 0 Å². The highest BCUT2D eigenvalue weighted by molar-refractivity contribution is 4.90. The molecule has 1 aromatic heterocycles. The Kier molecular flexibility index (Phi) is 2.41. The molecule has 1 aromatic rings. The molecule has 1 saturated heterocycles. The van der Waals surface area contributed by atoms with Crippen molar-refractivity contribution in [2.75, 3.05) is 6.61 Å². The lowest BCUT2D eigenvalue weighted by Gasteiger charge is -2.15. The number of aliphatic hydroxyl groups is 1. The van der Waals surface area contributed by atoms with Crippen molar-refractivity contribution in [2.45, 2.75) is 18.8 Å². The summed E-state index contributed by atoms with van der Waals surface area (Å²) in [6.45, 7) is 0.291. The smallest absolute Gasteiger partial charge is 0.330 e. The Morgan fingerprint density at radius 1 is 1.60 bits per heavy atom. The number of aromatic amines is 1. The van der Waals surface area contributed by atoms with Crippen molar-refractivity contribution in [3.05, 3.63) is 32.9 Å². The second kappa shape index (κ2) is 3.59. The average Bonchev–Trinajstić information content (AvgIpc) is 2.58. The van der Waals surface area contributed by atoms with Crippen LogP contribution in [0.2, 0.25) is 0 Å². The number of nitrogens with one attached hydrogen (secondary N) is 1. The molecule has 2 heterocycles. The number of aliphatic hydroxyl groups excluding tert-OH is 1.